The number of methoxy groups -OCH3 is 1. The van der Waals surface area contributed by atoms with E-state index in [1.807, 2.05) is 43.6 Å². The van der Waals surface area contributed by atoms with Crippen LogP contribution in [0.5, 0.6) is 5.75 Å². The minimum Gasteiger partial charge on any atom is -0.495 e. The number of carbonyl (C=O) groups is 1. The van der Waals surface area contributed by atoms with Gasteiger partial charge in [-0.25, -0.2) is 4.57 Å². The number of aromatic nitrogens is 1. The van der Waals surface area contributed by atoms with E-state index < -0.39 is 0 Å². The number of hydrogen-bond donors (Lipinski definition) is 1. The van der Waals surface area contributed by atoms with Gasteiger partial charge in [0, 0.05) is 36.1 Å². The van der Waals surface area contributed by atoms with Crippen molar-refractivity contribution in [2.24, 2.45) is 0 Å². The Morgan fingerprint density at radius 1 is 1.22 bits per heavy atom. The molecule has 2 aromatic rings. The number of carbonyl (C=O) groups excluding carboxylic acids is 1. The van der Waals surface area contributed by atoms with Crippen LogP contribution in [0.2, 0.25) is 5.02 Å². The highest BCUT2D eigenvalue weighted by Crippen LogP contribution is 2.31. The van der Waals surface area contributed by atoms with Gasteiger partial charge in [-0.15, -0.1) is 0 Å². The molecular formula is C18H22ClN2O2+. The van der Waals surface area contributed by atoms with Gasteiger partial charge in [0.05, 0.1) is 12.8 Å². The van der Waals surface area contributed by atoms with E-state index in [-0.39, 0.29) is 5.91 Å². The lowest BCUT2D eigenvalue weighted by atomic mass is 10.2. The average molecular weight is 334 g/mol. The Labute approximate surface area is 142 Å². The zero-order valence-corrected chi connectivity index (χ0v) is 14.3. The predicted molar refractivity (Wildman–Crippen MR) is 91.9 cm³/mol. The van der Waals surface area contributed by atoms with Gasteiger partial charge in [0.2, 0.25) is 5.91 Å². The molecule has 0 aliphatic heterocycles. The molecule has 1 aromatic heterocycles. The number of aryl methyl sites for hydroxylation is 2. The van der Waals surface area contributed by atoms with Gasteiger partial charge in [0.25, 0.3) is 0 Å². The molecule has 4 nitrogen and oxygen atoms in total. The lowest BCUT2D eigenvalue weighted by molar-refractivity contribution is -0.697. The minimum atomic E-state index is -0.0110. The first-order valence-corrected chi connectivity index (χ1v) is 8.06. The first-order valence-electron chi connectivity index (χ1n) is 7.68. The molecule has 0 saturated heterocycles. The van der Waals surface area contributed by atoms with Crippen LogP contribution in [0.1, 0.15) is 24.8 Å². The standard InChI is InChI=1S/C18H21ClN2O2/c1-14-12-16(17(23-2)13-15(14)19)20-18(22)8-4-7-11-21-9-5-3-6-10-21/h3,5-6,9-10,12-13H,4,7-8,11H2,1-2H3/p+1. The van der Waals surface area contributed by atoms with Crippen molar-refractivity contribution in [2.45, 2.75) is 32.7 Å². The maximum atomic E-state index is 12.1. The largest absolute Gasteiger partial charge is 0.495 e. The fourth-order valence-electron chi connectivity index (χ4n) is 2.31. The molecule has 1 heterocycles. The third-order valence-electron chi connectivity index (χ3n) is 3.60. The van der Waals surface area contributed by atoms with Crippen molar-refractivity contribution in [3.05, 3.63) is 53.3 Å². The van der Waals surface area contributed by atoms with Crippen molar-refractivity contribution in [1.82, 2.24) is 0 Å². The second kappa shape index (κ2) is 8.53. The predicted octanol–water partition coefficient (Wildman–Crippen LogP) is 3.75. The number of benzene rings is 1. The first kappa shape index (κ1) is 17.3. The average Bonchev–Trinajstić information content (AvgIpc) is 2.56. The van der Waals surface area contributed by atoms with Gasteiger partial charge in [0.1, 0.15) is 12.3 Å². The van der Waals surface area contributed by atoms with Gasteiger partial charge in [-0.2, -0.15) is 0 Å². The molecule has 0 spiro atoms. The maximum Gasteiger partial charge on any atom is 0.224 e. The van der Waals surface area contributed by atoms with E-state index in [1.54, 1.807) is 13.2 Å². The number of nitrogens with zero attached hydrogens (tertiary/aromatic N) is 1. The minimum absolute atomic E-state index is 0.0110. The number of amides is 1. The summed E-state index contributed by atoms with van der Waals surface area (Å²) in [7, 11) is 1.56. The zero-order chi connectivity index (χ0) is 16.7. The third kappa shape index (κ3) is 5.25. The fraction of sp³-hybridized carbons (Fsp3) is 0.333. The van der Waals surface area contributed by atoms with Gasteiger partial charge in [-0.3, -0.25) is 4.79 Å². The van der Waals surface area contributed by atoms with Crippen LogP contribution in [0.3, 0.4) is 0 Å². The number of ether oxygens (including phenoxy) is 1. The summed E-state index contributed by atoms with van der Waals surface area (Å²) in [6.45, 7) is 2.81. The second-order valence-electron chi connectivity index (χ2n) is 5.42. The molecule has 0 bridgehead atoms. The lowest BCUT2D eigenvalue weighted by Crippen LogP contribution is -2.32. The van der Waals surface area contributed by atoms with Crippen molar-refractivity contribution in [2.75, 3.05) is 12.4 Å². The van der Waals surface area contributed by atoms with Gasteiger partial charge in [-0.05, 0) is 25.0 Å². The van der Waals surface area contributed by atoms with Crippen LogP contribution in [0.15, 0.2) is 42.7 Å². The monoisotopic (exact) mass is 333 g/mol. The summed E-state index contributed by atoms with van der Waals surface area (Å²) in [5.41, 5.74) is 1.57. The van der Waals surface area contributed by atoms with Crippen LogP contribution >= 0.6 is 11.6 Å². The number of pyridine rings is 1. The Hall–Kier alpha value is -2.07. The van der Waals surface area contributed by atoms with E-state index in [2.05, 4.69) is 9.88 Å². The molecule has 0 saturated carbocycles. The third-order valence-corrected chi connectivity index (χ3v) is 4.01. The molecule has 23 heavy (non-hydrogen) atoms. The highest BCUT2D eigenvalue weighted by molar-refractivity contribution is 6.31. The summed E-state index contributed by atoms with van der Waals surface area (Å²) >= 11 is 6.07. The smallest absolute Gasteiger partial charge is 0.224 e. The Balaban J connectivity index is 1.82. The molecule has 1 aromatic carbocycles. The Bertz CT molecular complexity index is 660. The number of rotatable bonds is 7. The first-order chi connectivity index (χ1) is 11.1. The van der Waals surface area contributed by atoms with Crippen molar-refractivity contribution in [3.8, 4) is 5.75 Å². The van der Waals surface area contributed by atoms with Crippen molar-refractivity contribution in [3.63, 3.8) is 0 Å². The van der Waals surface area contributed by atoms with Crippen LogP contribution in [-0.4, -0.2) is 13.0 Å². The van der Waals surface area contributed by atoms with E-state index in [1.165, 1.54) is 0 Å². The van der Waals surface area contributed by atoms with Crippen LogP contribution in [0, 0.1) is 6.92 Å². The zero-order valence-electron chi connectivity index (χ0n) is 13.5. The van der Waals surface area contributed by atoms with E-state index in [4.69, 9.17) is 16.3 Å². The molecule has 122 valence electrons. The Morgan fingerprint density at radius 2 is 1.96 bits per heavy atom. The van der Waals surface area contributed by atoms with Crippen molar-refractivity contribution < 1.29 is 14.1 Å². The van der Waals surface area contributed by atoms with Crippen molar-refractivity contribution >= 4 is 23.2 Å². The Kier molecular flexibility index (Phi) is 6.41. The van der Waals surface area contributed by atoms with Gasteiger partial charge >= 0.3 is 0 Å². The molecule has 0 radical (unpaired) electrons. The highest BCUT2D eigenvalue weighted by Gasteiger charge is 2.10. The summed E-state index contributed by atoms with van der Waals surface area (Å²) < 4.78 is 7.38. The number of hydrogen-bond acceptors (Lipinski definition) is 2. The second-order valence-corrected chi connectivity index (χ2v) is 5.83. The van der Waals surface area contributed by atoms with E-state index in [9.17, 15) is 4.79 Å². The van der Waals surface area contributed by atoms with Crippen molar-refractivity contribution in [1.29, 1.82) is 0 Å². The number of halogens is 1. The van der Waals surface area contributed by atoms with Crippen LogP contribution in [-0.2, 0) is 11.3 Å². The van der Waals surface area contributed by atoms with Crippen LogP contribution in [0.4, 0.5) is 5.69 Å². The molecule has 1 amide bonds. The quantitative estimate of drug-likeness (QED) is 0.619. The summed E-state index contributed by atoms with van der Waals surface area (Å²) in [6.07, 6.45) is 6.34. The summed E-state index contributed by atoms with van der Waals surface area (Å²) in [5, 5.41) is 3.52. The highest BCUT2D eigenvalue weighted by atomic mass is 35.5. The molecular weight excluding hydrogens is 312 g/mol. The van der Waals surface area contributed by atoms with E-state index in [0.717, 1.165) is 24.9 Å². The maximum absolute atomic E-state index is 12.1. The molecule has 0 atom stereocenters. The van der Waals surface area contributed by atoms with Gasteiger partial charge in [0.15, 0.2) is 12.4 Å². The number of nitrogens with one attached hydrogen (secondary N) is 1. The summed E-state index contributed by atoms with van der Waals surface area (Å²) in [4.78, 5) is 12.1. The van der Waals surface area contributed by atoms with E-state index in [0.29, 0.717) is 22.9 Å². The molecule has 0 unspecified atom stereocenters. The molecule has 0 aliphatic carbocycles. The molecule has 0 aliphatic rings. The fourth-order valence-corrected chi connectivity index (χ4v) is 2.46. The van der Waals surface area contributed by atoms with Crippen LogP contribution < -0.4 is 14.6 Å². The van der Waals surface area contributed by atoms with E-state index >= 15 is 0 Å². The molecule has 2 rings (SSSR count). The summed E-state index contributed by atoms with van der Waals surface area (Å²) in [6, 6.07) is 9.55. The topological polar surface area (TPSA) is 42.2 Å². The summed E-state index contributed by atoms with van der Waals surface area (Å²) in [5.74, 6) is 0.567. The SMILES string of the molecule is COc1cc(Cl)c(C)cc1NC(=O)CCCC[n+]1ccccc1. The normalized spacial score (nSPS) is 10.4. The lowest BCUT2D eigenvalue weighted by Gasteiger charge is -2.12. The van der Waals surface area contributed by atoms with Gasteiger partial charge in [-0.1, -0.05) is 17.7 Å². The Morgan fingerprint density at radius 3 is 2.65 bits per heavy atom. The molecule has 1 N–H and O–H groups in total. The number of anilines is 1. The van der Waals surface area contributed by atoms with Gasteiger partial charge < -0.3 is 10.1 Å². The molecule has 5 heteroatoms. The van der Waals surface area contributed by atoms with Crippen LogP contribution in [0.25, 0.3) is 0 Å². The molecule has 0 fully saturated rings. The number of unbranched alkanes of at least 4 members (excludes halogenated alkanes) is 1.